The predicted molar refractivity (Wildman–Crippen MR) is 171 cm³/mol. The number of phenolic OH excluding ortho intramolecular Hbond substituents is 1. The lowest BCUT2D eigenvalue weighted by atomic mass is 9.39. The summed E-state index contributed by atoms with van der Waals surface area (Å²) in [6.07, 6.45) is 2.46. The minimum atomic E-state index is -2.70. The van der Waals surface area contributed by atoms with Gasteiger partial charge in [0.15, 0.2) is 28.7 Å². The van der Waals surface area contributed by atoms with Crippen molar-refractivity contribution in [3.05, 3.63) is 53.1 Å². The molecule has 3 unspecified atom stereocenters. The standard InChI is InChI=1S/C38H46O7/c1-20(2)28-31(41)26(21(3)39)33(43)38(45)34(44)29-32(42)27-25(18-36(29,7)19-37(28,38)8)24(22-13-10-9-11-14-22)17-23(30(27)40)15-12-16-35(4,5)6/h9-11,13-14,17,20,26,28-29,40,45H,12,15-16,18-19H2,1-8H3/t26?,28?,29?,36-,37-,38+/m1/s1. The van der Waals surface area contributed by atoms with Gasteiger partial charge in [-0.05, 0) is 84.1 Å². The molecule has 3 aliphatic rings. The lowest BCUT2D eigenvalue weighted by Gasteiger charge is -2.62. The first-order valence-corrected chi connectivity index (χ1v) is 16.1. The molecule has 2 N–H and O–H groups in total. The first-order chi connectivity index (χ1) is 20.8. The average Bonchev–Trinajstić information content (AvgIpc) is 2.91. The zero-order chi connectivity index (χ0) is 33.4. The minimum absolute atomic E-state index is 0.0331. The van der Waals surface area contributed by atoms with E-state index in [1.807, 2.05) is 43.3 Å². The Morgan fingerprint density at radius 3 is 2.20 bits per heavy atom. The molecule has 7 nitrogen and oxygen atoms in total. The molecule has 2 fully saturated rings. The zero-order valence-electron chi connectivity index (χ0n) is 27.7. The van der Waals surface area contributed by atoms with Gasteiger partial charge in [0, 0.05) is 11.3 Å². The Balaban J connectivity index is 1.72. The smallest absolute Gasteiger partial charge is 0.190 e. The van der Waals surface area contributed by atoms with Crippen LogP contribution in [0.2, 0.25) is 0 Å². The van der Waals surface area contributed by atoms with Crippen LogP contribution in [0.1, 0.15) is 96.1 Å². The van der Waals surface area contributed by atoms with Crippen molar-refractivity contribution in [3.63, 3.8) is 0 Å². The Morgan fingerprint density at radius 1 is 1.02 bits per heavy atom. The second kappa shape index (κ2) is 10.8. The quantitative estimate of drug-likeness (QED) is 0.375. The monoisotopic (exact) mass is 614 g/mol. The van der Waals surface area contributed by atoms with Gasteiger partial charge in [-0.25, -0.2) is 0 Å². The number of phenols is 1. The fourth-order valence-electron chi connectivity index (χ4n) is 9.13. The van der Waals surface area contributed by atoms with Gasteiger partial charge in [0.1, 0.15) is 17.5 Å². The number of rotatable bonds is 6. The van der Waals surface area contributed by atoms with E-state index in [0.29, 0.717) is 17.5 Å². The highest BCUT2D eigenvalue weighted by atomic mass is 16.3. The topological polar surface area (TPSA) is 126 Å². The van der Waals surface area contributed by atoms with E-state index in [-0.39, 0.29) is 35.5 Å². The van der Waals surface area contributed by atoms with Crippen molar-refractivity contribution in [1.29, 1.82) is 0 Å². The average molecular weight is 615 g/mol. The third-order valence-corrected chi connectivity index (χ3v) is 10.9. The summed E-state index contributed by atoms with van der Waals surface area (Å²) in [5.74, 6) is -8.72. The van der Waals surface area contributed by atoms with Gasteiger partial charge in [0.25, 0.3) is 0 Å². The van der Waals surface area contributed by atoms with Crippen LogP contribution in [0.5, 0.6) is 5.75 Å². The van der Waals surface area contributed by atoms with Gasteiger partial charge in [-0.3, -0.25) is 24.0 Å². The van der Waals surface area contributed by atoms with Crippen molar-refractivity contribution in [3.8, 4) is 16.9 Å². The fraction of sp³-hybridized carbons (Fsp3) is 0.553. The van der Waals surface area contributed by atoms with Crippen LogP contribution in [0.15, 0.2) is 36.4 Å². The number of hydrogen-bond acceptors (Lipinski definition) is 7. The molecule has 0 spiro atoms. The third-order valence-electron chi connectivity index (χ3n) is 10.9. The maximum atomic E-state index is 14.6. The van der Waals surface area contributed by atoms with E-state index in [1.54, 1.807) is 20.8 Å². The Kier molecular flexibility index (Phi) is 7.92. The number of aryl methyl sites for hydroxylation is 1. The molecule has 0 heterocycles. The van der Waals surface area contributed by atoms with Crippen molar-refractivity contribution < 1.29 is 34.2 Å². The number of carbonyl (C=O) groups excluding carboxylic acids is 5. The normalized spacial score (nSPS) is 31.5. The first-order valence-electron chi connectivity index (χ1n) is 16.1. The molecule has 7 heteroatoms. The molecule has 2 aromatic rings. The summed E-state index contributed by atoms with van der Waals surface area (Å²) in [5, 5.41) is 24.0. The zero-order valence-corrected chi connectivity index (χ0v) is 27.7. The molecule has 0 aromatic heterocycles. The molecule has 240 valence electrons. The van der Waals surface area contributed by atoms with E-state index in [0.717, 1.165) is 30.9 Å². The predicted octanol–water partition coefficient (Wildman–Crippen LogP) is 6.13. The SMILES string of the molecule is CC(=O)C1C(=O)C(C(C)C)[C@@]2(C)C[C@@]3(C)Cc4c(-c5ccccc5)cc(CCCC(C)(C)C)c(O)c4C(=O)C3C(=O)[C@@]2(O)C1=O. The van der Waals surface area contributed by atoms with Crippen LogP contribution in [-0.4, -0.2) is 44.7 Å². The van der Waals surface area contributed by atoms with Crippen LogP contribution in [-0.2, 0) is 32.0 Å². The molecular formula is C38H46O7. The van der Waals surface area contributed by atoms with Gasteiger partial charge in [-0.15, -0.1) is 0 Å². The molecule has 45 heavy (non-hydrogen) atoms. The number of ketones is 5. The van der Waals surface area contributed by atoms with Gasteiger partial charge in [-0.2, -0.15) is 0 Å². The van der Waals surface area contributed by atoms with E-state index in [9.17, 15) is 34.2 Å². The van der Waals surface area contributed by atoms with Crippen molar-refractivity contribution in [2.75, 3.05) is 0 Å². The van der Waals surface area contributed by atoms with Gasteiger partial charge >= 0.3 is 0 Å². The van der Waals surface area contributed by atoms with Crippen LogP contribution in [0.4, 0.5) is 0 Å². The molecule has 0 saturated heterocycles. The lowest BCUT2D eigenvalue weighted by Crippen LogP contribution is -2.76. The van der Waals surface area contributed by atoms with E-state index >= 15 is 0 Å². The number of aliphatic hydroxyl groups is 1. The van der Waals surface area contributed by atoms with Crippen LogP contribution < -0.4 is 0 Å². The minimum Gasteiger partial charge on any atom is -0.507 e. The molecule has 6 atom stereocenters. The van der Waals surface area contributed by atoms with Crippen molar-refractivity contribution >= 4 is 28.9 Å². The molecule has 2 aromatic carbocycles. The second-order valence-electron chi connectivity index (χ2n) is 15.9. The van der Waals surface area contributed by atoms with E-state index in [1.165, 1.54) is 0 Å². The Labute approximate surface area is 265 Å². The summed E-state index contributed by atoms with van der Waals surface area (Å²) in [6, 6.07) is 11.6. The van der Waals surface area contributed by atoms with Crippen molar-refractivity contribution in [2.45, 2.75) is 93.1 Å². The maximum absolute atomic E-state index is 14.6. The number of Topliss-reactive ketones (excluding diaryl/α,β-unsaturated/α-hetero) is 5. The number of benzene rings is 2. The van der Waals surface area contributed by atoms with Crippen LogP contribution in [0.3, 0.4) is 0 Å². The fourth-order valence-corrected chi connectivity index (χ4v) is 9.13. The summed E-state index contributed by atoms with van der Waals surface area (Å²) >= 11 is 0. The van der Waals surface area contributed by atoms with Crippen LogP contribution in [0, 0.1) is 39.9 Å². The molecule has 2 saturated carbocycles. The number of carbonyl (C=O) groups is 5. The summed E-state index contributed by atoms with van der Waals surface area (Å²) in [6.45, 7) is 14.5. The van der Waals surface area contributed by atoms with Gasteiger partial charge in [-0.1, -0.05) is 78.8 Å². The highest BCUT2D eigenvalue weighted by molar-refractivity contribution is 6.32. The van der Waals surface area contributed by atoms with E-state index < -0.39 is 63.1 Å². The lowest BCUT2D eigenvalue weighted by molar-refractivity contribution is -0.205. The summed E-state index contributed by atoms with van der Waals surface area (Å²) in [7, 11) is 0. The molecule has 3 aliphatic carbocycles. The van der Waals surface area contributed by atoms with Gasteiger partial charge in [0.2, 0.25) is 0 Å². The first kappa shape index (κ1) is 32.9. The van der Waals surface area contributed by atoms with Gasteiger partial charge in [0.05, 0.1) is 11.5 Å². The molecule has 0 radical (unpaired) electrons. The Hall–Kier alpha value is -3.45. The molecule has 5 rings (SSSR count). The highest BCUT2D eigenvalue weighted by Gasteiger charge is 2.76. The van der Waals surface area contributed by atoms with Gasteiger partial charge < -0.3 is 10.2 Å². The summed E-state index contributed by atoms with van der Waals surface area (Å²) in [5.41, 5.74) is -2.26. The number of hydrogen-bond donors (Lipinski definition) is 2. The Bertz CT molecular complexity index is 1610. The van der Waals surface area contributed by atoms with E-state index in [4.69, 9.17) is 0 Å². The van der Waals surface area contributed by atoms with Crippen LogP contribution >= 0.6 is 0 Å². The second-order valence-corrected chi connectivity index (χ2v) is 15.9. The highest BCUT2D eigenvalue weighted by Crippen LogP contribution is 2.64. The summed E-state index contributed by atoms with van der Waals surface area (Å²) in [4.78, 5) is 69.6. The molecule has 0 aliphatic heterocycles. The Morgan fingerprint density at radius 2 is 1.64 bits per heavy atom. The molecular weight excluding hydrogens is 568 g/mol. The number of aromatic hydroxyl groups is 1. The molecule has 0 amide bonds. The molecule has 0 bridgehead atoms. The number of fused-ring (bicyclic) bond motifs is 3. The van der Waals surface area contributed by atoms with Crippen LogP contribution in [0.25, 0.3) is 11.1 Å². The van der Waals surface area contributed by atoms with E-state index in [2.05, 4.69) is 20.8 Å². The van der Waals surface area contributed by atoms with Crippen molar-refractivity contribution in [2.24, 2.45) is 39.9 Å². The largest absolute Gasteiger partial charge is 0.507 e. The summed E-state index contributed by atoms with van der Waals surface area (Å²) < 4.78 is 0. The van der Waals surface area contributed by atoms with Crippen molar-refractivity contribution in [1.82, 2.24) is 0 Å². The maximum Gasteiger partial charge on any atom is 0.190 e. The third kappa shape index (κ3) is 4.84.